The van der Waals surface area contributed by atoms with Crippen LogP contribution in [0.2, 0.25) is 0 Å². The Kier molecular flexibility index (Phi) is 3.90. The summed E-state index contributed by atoms with van der Waals surface area (Å²) in [6.45, 7) is 1.81. The Morgan fingerprint density at radius 3 is 2.58 bits per heavy atom. The molecule has 0 N–H and O–H groups in total. The molecule has 2 aromatic carbocycles. The second-order valence-corrected chi connectivity index (χ2v) is 6.56. The lowest BCUT2D eigenvalue weighted by Crippen LogP contribution is -2.11. The van der Waals surface area contributed by atoms with E-state index in [1.165, 1.54) is 30.3 Å². The molecule has 3 rings (SSSR count). The molecule has 1 aromatic heterocycles. The predicted octanol–water partition coefficient (Wildman–Crippen LogP) is 3.22. The highest BCUT2D eigenvalue weighted by Gasteiger charge is 2.25. The maximum absolute atomic E-state index is 12.6. The number of hydrogen-bond donors (Lipinski definition) is 0. The largest absolute Gasteiger partial charge is 0.372 e. The van der Waals surface area contributed by atoms with E-state index in [2.05, 4.69) is 4.98 Å². The fourth-order valence-electron chi connectivity index (χ4n) is 2.35. The van der Waals surface area contributed by atoms with E-state index in [1.807, 2.05) is 6.92 Å². The van der Waals surface area contributed by atoms with E-state index in [0.717, 1.165) is 5.56 Å². The molecule has 122 valence electrons. The smallest absolute Gasteiger partial charge is 0.340 e. The summed E-state index contributed by atoms with van der Waals surface area (Å²) < 4.78 is 30.3. The lowest BCUT2D eigenvalue weighted by atomic mass is 10.1. The van der Waals surface area contributed by atoms with Crippen LogP contribution in [0.3, 0.4) is 0 Å². The van der Waals surface area contributed by atoms with Crippen LogP contribution in [0.25, 0.3) is 10.9 Å². The molecule has 0 aliphatic heterocycles. The van der Waals surface area contributed by atoms with Gasteiger partial charge in [0.2, 0.25) is 5.75 Å². The van der Waals surface area contributed by atoms with Gasteiger partial charge in [-0.2, -0.15) is 8.42 Å². The molecule has 0 atom stereocenters. The zero-order valence-corrected chi connectivity index (χ0v) is 13.4. The normalized spacial score (nSPS) is 11.4. The van der Waals surface area contributed by atoms with E-state index < -0.39 is 20.7 Å². The second-order valence-electron chi connectivity index (χ2n) is 5.04. The van der Waals surface area contributed by atoms with Crippen LogP contribution < -0.4 is 4.18 Å². The highest BCUT2D eigenvalue weighted by molar-refractivity contribution is 7.87. The summed E-state index contributed by atoms with van der Waals surface area (Å²) in [5.41, 5.74) is 0.926. The summed E-state index contributed by atoms with van der Waals surface area (Å²) >= 11 is 0. The summed E-state index contributed by atoms with van der Waals surface area (Å²) in [6, 6.07) is 11.6. The lowest BCUT2D eigenvalue weighted by Gasteiger charge is -2.10. The lowest BCUT2D eigenvalue weighted by molar-refractivity contribution is -0.385. The monoisotopic (exact) mass is 344 g/mol. The Morgan fingerprint density at radius 2 is 1.83 bits per heavy atom. The van der Waals surface area contributed by atoms with Crippen molar-refractivity contribution in [3.63, 3.8) is 0 Å². The Morgan fingerprint density at radius 1 is 1.08 bits per heavy atom. The van der Waals surface area contributed by atoms with E-state index in [4.69, 9.17) is 4.18 Å². The van der Waals surface area contributed by atoms with E-state index in [9.17, 15) is 18.5 Å². The van der Waals surface area contributed by atoms with Crippen molar-refractivity contribution < 1.29 is 17.5 Å². The van der Waals surface area contributed by atoms with Crippen molar-refractivity contribution in [1.82, 2.24) is 4.98 Å². The van der Waals surface area contributed by atoms with Crippen molar-refractivity contribution in [2.24, 2.45) is 0 Å². The summed E-state index contributed by atoms with van der Waals surface area (Å²) in [4.78, 5) is 14.4. The van der Waals surface area contributed by atoms with E-state index in [-0.39, 0.29) is 10.6 Å². The number of aryl methyl sites for hydroxylation is 1. The van der Waals surface area contributed by atoms with Gasteiger partial charge in [-0.05, 0) is 36.8 Å². The maximum atomic E-state index is 12.6. The van der Waals surface area contributed by atoms with Crippen molar-refractivity contribution in [2.75, 3.05) is 0 Å². The van der Waals surface area contributed by atoms with Gasteiger partial charge in [0.05, 0.1) is 10.4 Å². The van der Waals surface area contributed by atoms with E-state index in [0.29, 0.717) is 10.9 Å². The Balaban J connectivity index is 2.14. The molecule has 3 aromatic rings. The molecule has 0 amide bonds. The first kappa shape index (κ1) is 15.9. The molecule has 7 nitrogen and oxygen atoms in total. The number of pyridine rings is 1. The Labute approximate surface area is 137 Å². The fraction of sp³-hybridized carbons (Fsp3) is 0.0625. The number of benzene rings is 2. The fourth-order valence-corrected chi connectivity index (χ4v) is 3.48. The van der Waals surface area contributed by atoms with Crippen molar-refractivity contribution in [2.45, 2.75) is 11.8 Å². The average molecular weight is 344 g/mol. The topological polar surface area (TPSA) is 99.4 Å². The Hall–Kier alpha value is -3.00. The standard InChI is InChI=1S/C16H12N2O5S/c1-11-8-9-15(12-5-4-10-17-16(11)12)24(21,22)23-14-7-3-2-6-13(14)18(19)20/h2-10H,1H3. The van der Waals surface area contributed by atoms with E-state index in [1.54, 1.807) is 24.4 Å². The van der Waals surface area contributed by atoms with E-state index >= 15 is 0 Å². The third-order valence-corrected chi connectivity index (χ3v) is 4.76. The summed E-state index contributed by atoms with van der Waals surface area (Å²) in [6.07, 6.45) is 1.56. The number of rotatable bonds is 4. The first-order valence-electron chi connectivity index (χ1n) is 6.92. The average Bonchev–Trinajstić information content (AvgIpc) is 2.55. The first-order chi connectivity index (χ1) is 11.4. The molecule has 0 bridgehead atoms. The maximum Gasteiger partial charge on any atom is 0.340 e. The van der Waals surface area contributed by atoms with Gasteiger partial charge in [0, 0.05) is 17.6 Å². The SMILES string of the molecule is Cc1ccc(S(=O)(=O)Oc2ccccc2[N+](=O)[O-])c2cccnc12. The zero-order valence-electron chi connectivity index (χ0n) is 12.5. The van der Waals surface area contributed by atoms with Crippen LogP contribution in [0.1, 0.15) is 5.56 Å². The minimum absolute atomic E-state index is 0.0886. The minimum Gasteiger partial charge on any atom is -0.372 e. The number of nitro benzene ring substituents is 1. The van der Waals surface area contributed by atoms with Gasteiger partial charge in [-0.25, -0.2) is 0 Å². The molecule has 0 saturated carbocycles. The van der Waals surface area contributed by atoms with Crippen LogP contribution >= 0.6 is 0 Å². The zero-order chi connectivity index (χ0) is 17.3. The van der Waals surface area contributed by atoms with Gasteiger partial charge in [0.1, 0.15) is 4.90 Å². The molecule has 0 spiro atoms. The minimum atomic E-state index is -4.26. The molecule has 0 radical (unpaired) electrons. The second kappa shape index (κ2) is 5.89. The number of hydrogen-bond acceptors (Lipinski definition) is 6. The number of aromatic nitrogens is 1. The van der Waals surface area contributed by atoms with Crippen LogP contribution in [0.15, 0.2) is 59.6 Å². The quantitative estimate of drug-likeness (QED) is 0.409. The van der Waals surface area contributed by atoms with Gasteiger partial charge in [-0.1, -0.05) is 18.2 Å². The van der Waals surface area contributed by atoms with Gasteiger partial charge < -0.3 is 4.18 Å². The van der Waals surface area contributed by atoms with Gasteiger partial charge in [-0.15, -0.1) is 0 Å². The predicted molar refractivity (Wildman–Crippen MR) is 87.4 cm³/mol. The van der Waals surface area contributed by atoms with Crippen molar-refractivity contribution in [1.29, 1.82) is 0 Å². The number of fused-ring (bicyclic) bond motifs is 1. The van der Waals surface area contributed by atoms with Crippen molar-refractivity contribution in [3.05, 3.63) is 70.4 Å². The molecule has 8 heteroatoms. The van der Waals surface area contributed by atoms with Gasteiger partial charge in [0.15, 0.2) is 0 Å². The molecular weight excluding hydrogens is 332 g/mol. The van der Waals surface area contributed by atoms with Crippen molar-refractivity contribution >= 4 is 26.7 Å². The third kappa shape index (κ3) is 2.79. The van der Waals surface area contributed by atoms with Crippen LogP contribution in [-0.2, 0) is 10.1 Å². The molecule has 0 unspecified atom stereocenters. The summed E-state index contributed by atoms with van der Waals surface area (Å²) in [5.74, 6) is -0.333. The highest BCUT2D eigenvalue weighted by atomic mass is 32.2. The van der Waals surface area contributed by atoms with Crippen LogP contribution in [-0.4, -0.2) is 18.3 Å². The summed E-state index contributed by atoms with van der Waals surface area (Å²) in [5, 5.41) is 11.4. The third-order valence-electron chi connectivity index (χ3n) is 3.46. The van der Waals surface area contributed by atoms with Gasteiger partial charge >= 0.3 is 15.8 Å². The number of para-hydroxylation sites is 2. The van der Waals surface area contributed by atoms with Crippen molar-refractivity contribution in [3.8, 4) is 5.75 Å². The Bertz CT molecular complexity index is 1050. The molecular formula is C16H12N2O5S. The highest BCUT2D eigenvalue weighted by Crippen LogP contribution is 2.31. The molecule has 1 heterocycles. The van der Waals surface area contributed by atoms with Crippen LogP contribution in [0, 0.1) is 17.0 Å². The molecule has 0 saturated heterocycles. The van der Waals surface area contributed by atoms with Gasteiger partial charge in [0.25, 0.3) is 0 Å². The molecule has 0 aliphatic carbocycles. The first-order valence-corrected chi connectivity index (χ1v) is 8.33. The summed E-state index contributed by atoms with van der Waals surface area (Å²) in [7, 11) is -4.26. The number of nitrogens with zero attached hydrogens (tertiary/aromatic N) is 2. The van der Waals surface area contributed by atoms with Gasteiger partial charge in [-0.3, -0.25) is 15.1 Å². The molecule has 0 fully saturated rings. The number of nitro groups is 1. The van der Waals surface area contributed by atoms with Crippen LogP contribution in [0.4, 0.5) is 5.69 Å². The molecule has 24 heavy (non-hydrogen) atoms. The van der Waals surface area contributed by atoms with Crippen LogP contribution in [0.5, 0.6) is 5.75 Å². The molecule has 0 aliphatic rings.